The fraction of sp³-hybridized carbons (Fsp3) is 0.667. The van der Waals surface area contributed by atoms with E-state index < -0.39 is 0 Å². The number of anilines is 1. The normalized spacial score (nSPS) is 11.0. The number of ether oxygens (including phenoxy) is 1. The van der Waals surface area contributed by atoms with Gasteiger partial charge in [-0.1, -0.05) is 13.0 Å². The van der Waals surface area contributed by atoms with Crippen LogP contribution < -0.4 is 10.2 Å². The first kappa shape index (κ1) is 15.9. The van der Waals surface area contributed by atoms with E-state index in [2.05, 4.69) is 48.1 Å². The number of hydrogen-bond acceptors (Lipinski definition) is 4. The van der Waals surface area contributed by atoms with Crippen LogP contribution in [0, 0.1) is 0 Å². The van der Waals surface area contributed by atoms with Crippen molar-refractivity contribution in [2.24, 2.45) is 0 Å². The van der Waals surface area contributed by atoms with E-state index in [0.717, 1.165) is 38.5 Å². The van der Waals surface area contributed by atoms with Gasteiger partial charge >= 0.3 is 0 Å². The summed E-state index contributed by atoms with van der Waals surface area (Å²) in [6.45, 7) is 10.1. The summed E-state index contributed by atoms with van der Waals surface area (Å²) < 4.78 is 5.15. The summed E-state index contributed by atoms with van der Waals surface area (Å²) in [5, 5.41) is 3.38. The average molecular weight is 265 g/mol. The molecule has 0 spiro atoms. The maximum absolute atomic E-state index is 5.15. The molecule has 4 nitrogen and oxygen atoms in total. The van der Waals surface area contributed by atoms with E-state index in [-0.39, 0.29) is 0 Å². The molecule has 1 heterocycles. The molecule has 0 atom stereocenters. The van der Waals surface area contributed by atoms with E-state index in [4.69, 9.17) is 4.74 Å². The Balaban J connectivity index is 2.61. The van der Waals surface area contributed by atoms with Gasteiger partial charge < -0.3 is 15.0 Å². The lowest BCUT2D eigenvalue weighted by atomic mass is 10.2. The van der Waals surface area contributed by atoms with Gasteiger partial charge in [0.2, 0.25) is 0 Å². The molecule has 1 aromatic heterocycles. The van der Waals surface area contributed by atoms with Gasteiger partial charge in [-0.3, -0.25) is 0 Å². The minimum atomic E-state index is 0.423. The average Bonchev–Trinajstić information content (AvgIpc) is 2.41. The van der Waals surface area contributed by atoms with E-state index in [1.807, 2.05) is 6.20 Å². The highest BCUT2D eigenvalue weighted by molar-refractivity contribution is 5.40. The summed E-state index contributed by atoms with van der Waals surface area (Å²) in [5.41, 5.74) is 1.23. The highest BCUT2D eigenvalue weighted by Crippen LogP contribution is 2.14. The molecule has 0 saturated heterocycles. The molecule has 0 fully saturated rings. The van der Waals surface area contributed by atoms with Crippen LogP contribution in [-0.4, -0.2) is 37.8 Å². The van der Waals surface area contributed by atoms with Gasteiger partial charge in [-0.05, 0) is 38.4 Å². The van der Waals surface area contributed by atoms with Gasteiger partial charge in [0.15, 0.2) is 0 Å². The lowest BCUT2D eigenvalue weighted by Crippen LogP contribution is -2.34. The lowest BCUT2D eigenvalue weighted by molar-refractivity contribution is 0.203. The second kappa shape index (κ2) is 8.88. The zero-order valence-corrected chi connectivity index (χ0v) is 12.6. The van der Waals surface area contributed by atoms with Crippen molar-refractivity contribution < 1.29 is 4.74 Å². The Bertz CT molecular complexity index is 338. The van der Waals surface area contributed by atoms with E-state index in [9.17, 15) is 0 Å². The lowest BCUT2D eigenvalue weighted by Gasteiger charge is -2.27. The van der Waals surface area contributed by atoms with Crippen molar-refractivity contribution in [2.75, 3.05) is 31.7 Å². The molecule has 0 unspecified atom stereocenters. The van der Waals surface area contributed by atoms with Crippen molar-refractivity contribution in [3.63, 3.8) is 0 Å². The molecular formula is C15H27N3O. The van der Waals surface area contributed by atoms with Gasteiger partial charge in [0.25, 0.3) is 0 Å². The Kier molecular flexibility index (Phi) is 7.45. The molecule has 0 aliphatic carbocycles. The van der Waals surface area contributed by atoms with E-state index in [1.54, 1.807) is 7.11 Å². The smallest absolute Gasteiger partial charge is 0.128 e. The maximum atomic E-state index is 5.15. The first-order valence-electron chi connectivity index (χ1n) is 7.10. The molecule has 0 aliphatic rings. The number of pyridine rings is 1. The monoisotopic (exact) mass is 265 g/mol. The molecule has 19 heavy (non-hydrogen) atoms. The Morgan fingerprint density at radius 2 is 2.16 bits per heavy atom. The number of aromatic nitrogens is 1. The van der Waals surface area contributed by atoms with Crippen LogP contribution >= 0.6 is 0 Å². The summed E-state index contributed by atoms with van der Waals surface area (Å²) in [6.07, 6.45) is 3.11. The van der Waals surface area contributed by atoms with Crippen LogP contribution in [0.2, 0.25) is 0 Å². The second-order valence-corrected chi connectivity index (χ2v) is 4.98. The predicted octanol–water partition coefficient (Wildman–Crippen LogP) is 2.44. The number of nitrogens with one attached hydrogen (secondary N) is 1. The van der Waals surface area contributed by atoms with Crippen molar-refractivity contribution in [3.05, 3.63) is 23.9 Å². The fourth-order valence-electron chi connectivity index (χ4n) is 1.93. The number of methoxy groups -OCH3 is 1. The highest BCUT2D eigenvalue weighted by Gasteiger charge is 2.11. The van der Waals surface area contributed by atoms with Crippen molar-refractivity contribution in [3.8, 4) is 0 Å². The van der Waals surface area contributed by atoms with Crippen molar-refractivity contribution >= 4 is 5.82 Å². The SMILES string of the molecule is CCCNCc1ccc(N(CCOC)C(C)C)nc1. The zero-order chi connectivity index (χ0) is 14.1. The maximum Gasteiger partial charge on any atom is 0.128 e. The molecule has 4 heteroatoms. The molecule has 0 aliphatic heterocycles. The van der Waals surface area contributed by atoms with Crippen molar-refractivity contribution in [1.29, 1.82) is 0 Å². The first-order valence-corrected chi connectivity index (χ1v) is 7.10. The predicted molar refractivity (Wildman–Crippen MR) is 80.6 cm³/mol. The van der Waals surface area contributed by atoms with Gasteiger partial charge in [-0.15, -0.1) is 0 Å². The van der Waals surface area contributed by atoms with Crippen LogP contribution in [0.5, 0.6) is 0 Å². The van der Waals surface area contributed by atoms with E-state index in [1.165, 1.54) is 5.56 Å². The summed E-state index contributed by atoms with van der Waals surface area (Å²) in [6, 6.07) is 4.66. The molecular weight excluding hydrogens is 238 g/mol. The Labute approximate surface area is 117 Å². The van der Waals surface area contributed by atoms with Crippen LogP contribution in [0.3, 0.4) is 0 Å². The minimum absolute atomic E-state index is 0.423. The fourth-order valence-corrected chi connectivity index (χ4v) is 1.93. The molecule has 0 amide bonds. The van der Waals surface area contributed by atoms with Crippen molar-refractivity contribution in [1.82, 2.24) is 10.3 Å². The number of rotatable bonds is 9. The summed E-state index contributed by atoms with van der Waals surface area (Å²) >= 11 is 0. The standard InChI is InChI=1S/C15H27N3O/c1-5-8-16-11-14-6-7-15(17-12-14)18(13(2)3)9-10-19-4/h6-7,12-13,16H,5,8-11H2,1-4H3. The molecule has 1 aromatic rings. The van der Waals surface area contributed by atoms with Gasteiger partial charge in [0.1, 0.15) is 5.82 Å². The largest absolute Gasteiger partial charge is 0.383 e. The molecule has 0 bridgehead atoms. The summed E-state index contributed by atoms with van der Waals surface area (Å²) in [5.74, 6) is 1.02. The van der Waals surface area contributed by atoms with Crippen molar-refractivity contribution in [2.45, 2.75) is 39.8 Å². The van der Waals surface area contributed by atoms with Crippen LogP contribution in [0.25, 0.3) is 0 Å². The molecule has 0 aromatic carbocycles. The van der Waals surface area contributed by atoms with Crippen LogP contribution in [0.15, 0.2) is 18.3 Å². The molecule has 0 radical (unpaired) electrons. The zero-order valence-electron chi connectivity index (χ0n) is 12.6. The van der Waals surface area contributed by atoms with E-state index in [0.29, 0.717) is 6.04 Å². The summed E-state index contributed by atoms with van der Waals surface area (Å²) in [4.78, 5) is 6.82. The Morgan fingerprint density at radius 3 is 2.68 bits per heavy atom. The van der Waals surface area contributed by atoms with Gasteiger partial charge in [-0.2, -0.15) is 0 Å². The molecule has 108 valence electrons. The number of hydrogen-bond donors (Lipinski definition) is 1. The third-order valence-electron chi connectivity index (χ3n) is 3.02. The topological polar surface area (TPSA) is 37.4 Å². The summed E-state index contributed by atoms with van der Waals surface area (Å²) in [7, 11) is 1.73. The first-order chi connectivity index (χ1) is 9.19. The quantitative estimate of drug-likeness (QED) is 0.696. The number of nitrogens with zero attached hydrogens (tertiary/aromatic N) is 2. The molecule has 1 rings (SSSR count). The highest BCUT2D eigenvalue weighted by atomic mass is 16.5. The molecule has 1 N–H and O–H groups in total. The Hall–Kier alpha value is -1.13. The second-order valence-electron chi connectivity index (χ2n) is 4.98. The third-order valence-corrected chi connectivity index (χ3v) is 3.02. The van der Waals surface area contributed by atoms with Gasteiger partial charge in [0.05, 0.1) is 6.61 Å². The van der Waals surface area contributed by atoms with Crippen LogP contribution in [-0.2, 0) is 11.3 Å². The van der Waals surface area contributed by atoms with Crippen LogP contribution in [0.4, 0.5) is 5.82 Å². The third kappa shape index (κ3) is 5.57. The van der Waals surface area contributed by atoms with Crippen LogP contribution in [0.1, 0.15) is 32.8 Å². The Morgan fingerprint density at radius 1 is 1.37 bits per heavy atom. The minimum Gasteiger partial charge on any atom is -0.383 e. The molecule has 0 saturated carbocycles. The van der Waals surface area contributed by atoms with Gasteiger partial charge in [-0.25, -0.2) is 4.98 Å². The van der Waals surface area contributed by atoms with Gasteiger partial charge in [0, 0.05) is 32.4 Å². The van der Waals surface area contributed by atoms with E-state index >= 15 is 0 Å².